The molecule has 0 fully saturated rings. The van der Waals surface area contributed by atoms with Crippen LogP contribution in [0.15, 0.2) is 23.0 Å². The van der Waals surface area contributed by atoms with E-state index in [-0.39, 0.29) is 5.69 Å². The number of para-hydroxylation sites is 1. The normalized spacial score (nSPS) is 10.9. The zero-order chi connectivity index (χ0) is 11.5. The molecule has 5 nitrogen and oxygen atoms in total. The van der Waals surface area contributed by atoms with Gasteiger partial charge in [-0.15, -0.1) is 0 Å². The molecule has 0 atom stereocenters. The smallest absolute Gasteiger partial charge is 0.326 e. The maximum Gasteiger partial charge on any atom is 0.326 e. The Labute approximate surface area is 92.6 Å². The highest BCUT2D eigenvalue weighted by molar-refractivity contribution is 5.81. The van der Waals surface area contributed by atoms with Gasteiger partial charge in [0.1, 0.15) is 11.3 Å². The molecule has 0 aliphatic heterocycles. The average Bonchev–Trinajstić information content (AvgIpc) is 2.62. The summed E-state index contributed by atoms with van der Waals surface area (Å²) >= 11 is 0. The van der Waals surface area contributed by atoms with E-state index in [4.69, 9.17) is 9.47 Å². The van der Waals surface area contributed by atoms with Gasteiger partial charge in [-0.1, -0.05) is 6.07 Å². The summed E-state index contributed by atoms with van der Waals surface area (Å²) in [6.07, 6.45) is 0. The van der Waals surface area contributed by atoms with Crippen LogP contribution in [0.4, 0.5) is 0 Å². The number of imidazole rings is 1. The number of rotatable bonds is 4. The molecule has 0 aliphatic carbocycles. The Hall–Kier alpha value is -1.75. The SMILES string of the molecule is COCCn1c(=O)[nH]c2c(OC)cccc21. The molecule has 2 rings (SSSR count). The molecule has 1 heterocycles. The maximum absolute atomic E-state index is 11.7. The van der Waals surface area contributed by atoms with Crippen LogP contribution in [0, 0.1) is 0 Å². The number of nitrogens with one attached hydrogen (secondary N) is 1. The minimum absolute atomic E-state index is 0.142. The van der Waals surface area contributed by atoms with Gasteiger partial charge in [0, 0.05) is 7.11 Å². The van der Waals surface area contributed by atoms with Crippen molar-refractivity contribution in [2.24, 2.45) is 0 Å². The number of ether oxygens (including phenoxy) is 2. The second kappa shape index (κ2) is 4.40. The molecule has 1 aromatic heterocycles. The first-order valence-corrected chi connectivity index (χ1v) is 5.02. The van der Waals surface area contributed by atoms with Gasteiger partial charge < -0.3 is 14.5 Å². The van der Waals surface area contributed by atoms with E-state index in [9.17, 15) is 4.79 Å². The molecule has 0 unspecified atom stereocenters. The summed E-state index contributed by atoms with van der Waals surface area (Å²) in [4.78, 5) is 14.5. The van der Waals surface area contributed by atoms with E-state index in [1.165, 1.54) is 0 Å². The molecule has 0 saturated heterocycles. The summed E-state index contributed by atoms with van der Waals surface area (Å²) in [6.45, 7) is 1.03. The number of aromatic nitrogens is 2. The molecule has 0 saturated carbocycles. The minimum atomic E-state index is -0.142. The van der Waals surface area contributed by atoms with Crippen molar-refractivity contribution in [3.63, 3.8) is 0 Å². The van der Waals surface area contributed by atoms with Crippen molar-refractivity contribution < 1.29 is 9.47 Å². The van der Waals surface area contributed by atoms with Crippen molar-refractivity contribution in [1.29, 1.82) is 0 Å². The van der Waals surface area contributed by atoms with Gasteiger partial charge in [0.05, 0.1) is 25.8 Å². The van der Waals surface area contributed by atoms with Gasteiger partial charge >= 0.3 is 5.69 Å². The number of methoxy groups -OCH3 is 2. The zero-order valence-electron chi connectivity index (χ0n) is 9.32. The highest BCUT2D eigenvalue weighted by Crippen LogP contribution is 2.21. The zero-order valence-corrected chi connectivity index (χ0v) is 9.32. The van der Waals surface area contributed by atoms with E-state index in [0.717, 1.165) is 11.0 Å². The first kappa shape index (κ1) is 10.8. The van der Waals surface area contributed by atoms with Crippen LogP contribution in [0.2, 0.25) is 0 Å². The van der Waals surface area contributed by atoms with E-state index in [2.05, 4.69) is 4.98 Å². The van der Waals surface area contributed by atoms with Crippen LogP contribution in [-0.2, 0) is 11.3 Å². The third-order valence-corrected chi connectivity index (χ3v) is 2.51. The lowest BCUT2D eigenvalue weighted by Crippen LogP contribution is -2.18. The van der Waals surface area contributed by atoms with Crippen LogP contribution in [0.25, 0.3) is 11.0 Å². The molecular weight excluding hydrogens is 208 g/mol. The number of fused-ring (bicyclic) bond motifs is 1. The number of benzene rings is 1. The largest absolute Gasteiger partial charge is 0.494 e. The van der Waals surface area contributed by atoms with Crippen molar-refractivity contribution in [2.75, 3.05) is 20.8 Å². The fourth-order valence-electron chi connectivity index (χ4n) is 1.73. The molecule has 2 aromatic rings. The number of hydrogen-bond donors (Lipinski definition) is 1. The second-order valence-corrected chi connectivity index (χ2v) is 3.43. The van der Waals surface area contributed by atoms with Gasteiger partial charge in [-0.05, 0) is 12.1 Å². The van der Waals surface area contributed by atoms with Crippen molar-refractivity contribution in [3.05, 3.63) is 28.7 Å². The molecule has 0 radical (unpaired) electrons. The Morgan fingerprint density at radius 2 is 2.19 bits per heavy atom. The van der Waals surface area contributed by atoms with Crippen LogP contribution in [0.1, 0.15) is 0 Å². The predicted octanol–water partition coefficient (Wildman–Crippen LogP) is 0.985. The van der Waals surface area contributed by atoms with Crippen LogP contribution in [0.5, 0.6) is 5.75 Å². The molecule has 0 bridgehead atoms. The molecule has 16 heavy (non-hydrogen) atoms. The van der Waals surface area contributed by atoms with Gasteiger partial charge in [0.15, 0.2) is 0 Å². The van der Waals surface area contributed by atoms with E-state index < -0.39 is 0 Å². The van der Waals surface area contributed by atoms with E-state index in [1.807, 2.05) is 18.2 Å². The summed E-state index contributed by atoms with van der Waals surface area (Å²) in [5.41, 5.74) is 1.42. The maximum atomic E-state index is 11.7. The number of hydrogen-bond acceptors (Lipinski definition) is 3. The first-order valence-electron chi connectivity index (χ1n) is 5.02. The molecule has 86 valence electrons. The molecular formula is C11H14N2O3. The highest BCUT2D eigenvalue weighted by atomic mass is 16.5. The van der Waals surface area contributed by atoms with Crippen LogP contribution in [0.3, 0.4) is 0 Å². The van der Waals surface area contributed by atoms with Gasteiger partial charge in [-0.3, -0.25) is 4.57 Å². The number of nitrogens with zero attached hydrogens (tertiary/aromatic N) is 1. The third-order valence-electron chi connectivity index (χ3n) is 2.51. The van der Waals surface area contributed by atoms with Gasteiger partial charge in [0.25, 0.3) is 0 Å². The van der Waals surface area contributed by atoms with Crippen molar-refractivity contribution in [3.8, 4) is 5.75 Å². The van der Waals surface area contributed by atoms with Gasteiger partial charge in [-0.2, -0.15) is 0 Å². The van der Waals surface area contributed by atoms with Crippen molar-refractivity contribution in [1.82, 2.24) is 9.55 Å². The lowest BCUT2D eigenvalue weighted by Gasteiger charge is -2.03. The van der Waals surface area contributed by atoms with Gasteiger partial charge in [0.2, 0.25) is 0 Å². The third kappa shape index (κ3) is 1.69. The van der Waals surface area contributed by atoms with Crippen LogP contribution in [-0.4, -0.2) is 30.4 Å². The van der Waals surface area contributed by atoms with E-state index in [0.29, 0.717) is 18.9 Å². The predicted molar refractivity (Wildman–Crippen MR) is 61.0 cm³/mol. The quantitative estimate of drug-likeness (QED) is 0.839. The number of H-pyrrole nitrogens is 1. The second-order valence-electron chi connectivity index (χ2n) is 3.43. The fraction of sp³-hybridized carbons (Fsp3) is 0.364. The fourth-order valence-corrected chi connectivity index (χ4v) is 1.73. The summed E-state index contributed by atoms with van der Waals surface area (Å²) in [5, 5.41) is 0. The number of aromatic amines is 1. The minimum Gasteiger partial charge on any atom is -0.494 e. The van der Waals surface area contributed by atoms with Crippen LogP contribution < -0.4 is 10.4 Å². The summed E-state index contributed by atoms with van der Waals surface area (Å²) in [5.74, 6) is 0.672. The topological polar surface area (TPSA) is 56.2 Å². The monoisotopic (exact) mass is 222 g/mol. The molecule has 1 N–H and O–H groups in total. The molecule has 0 aliphatic rings. The highest BCUT2D eigenvalue weighted by Gasteiger charge is 2.09. The van der Waals surface area contributed by atoms with Crippen molar-refractivity contribution >= 4 is 11.0 Å². The standard InChI is InChI=1S/C11H14N2O3/c1-15-7-6-13-8-4-3-5-9(16-2)10(8)12-11(13)14/h3-5H,6-7H2,1-2H3,(H,12,14). The van der Waals surface area contributed by atoms with Gasteiger partial charge in [-0.25, -0.2) is 4.79 Å². The van der Waals surface area contributed by atoms with E-state index >= 15 is 0 Å². The molecule has 0 spiro atoms. The summed E-state index contributed by atoms with van der Waals surface area (Å²) < 4.78 is 11.8. The molecule has 0 amide bonds. The van der Waals surface area contributed by atoms with Crippen molar-refractivity contribution in [2.45, 2.75) is 6.54 Å². The molecule has 1 aromatic carbocycles. The Balaban J connectivity index is 2.57. The summed E-state index contributed by atoms with van der Waals surface area (Å²) in [6, 6.07) is 5.56. The lowest BCUT2D eigenvalue weighted by atomic mass is 10.3. The summed E-state index contributed by atoms with van der Waals surface area (Å²) in [7, 11) is 3.19. The first-order chi connectivity index (χ1) is 7.77. The Bertz CT molecular complexity index is 542. The average molecular weight is 222 g/mol. The Kier molecular flexibility index (Phi) is 2.96. The Morgan fingerprint density at radius 1 is 1.38 bits per heavy atom. The molecule has 5 heteroatoms. The Morgan fingerprint density at radius 3 is 2.88 bits per heavy atom. The van der Waals surface area contributed by atoms with E-state index in [1.54, 1.807) is 18.8 Å². The van der Waals surface area contributed by atoms with Crippen LogP contribution >= 0.6 is 0 Å². The lowest BCUT2D eigenvalue weighted by molar-refractivity contribution is 0.187.